The van der Waals surface area contributed by atoms with Gasteiger partial charge in [0.25, 0.3) is 0 Å². The molecule has 0 saturated carbocycles. The van der Waals surface area contributed by atoms with E-state index in [1.54, 1.807) is 0 Å². The summed E-state index contributed by atoms with van der Waals surface area (Å²) in [6.07, 6.45) is 1.63. The fraction of sp³-hybridized carbons (Fsp3) is 0.619. The van der Waals surface area contributed by atoms with E-state index in [4.69, 9.17) is 4.74 Å². The lowest BCUT2D eigenvalue weighted by atomic mass is 9.97. The van der Waals surface area contributed by atoms with Gasteiger partial charge in [0.1, 0.15) is 0 Å². The highest BCUT2D eigenvalue weighted by atomic mass is 127. The number of nitrogens with one attached hydrogen (secondary N) is 1. The third-order valence-corrected chi connectivity index (χ3v) is 5.17. The van der Waals surface area contributed by atoms with Crippen LogP contribution in [0.5, 0.6) is 0 Å². The monoisotopic (exact) mass is 502 g/mol. The zero-order chi connectivity index (χ0) is 19.8. The van der Waals surface area contributed by atoms with Crippen molar-refractivity contribution in [2.75, 3.05) is 47.4 Å². The van der Waals surface area contributed by atoms with Crippen molar-refractivity contribution in [2.45, 2.75) is 32.7 Å². The van der Waals surface area contributed by atoms with Crippen LogP contribution < -0.4 is 5.32 Å². The average Bonchev–Trinajstić information content (AvgIpc) is 2.66. The number of benzene rings is 1. The van der Waals surface area contributed by atoms with Crippen molar-refractivity contribution in [3.05, 3.63) is 35.4 Å². The number of nitrogens with zero attached hydrogens (tertiary/aromatic N) is 3. The Morgan fingerprint density at radius 2 is 1.89 bits per heavy atom. The number of piperidine rings is 1. The van der Waals surface area contributed by atoms with Gasteiger partial charge in [-0.1, -0.05) is 29.8 Å². The van der Waals surface area contributed by atoms with E-state index in [1.807, 2.05) is 14.0 Å². The lowest BCUT2D eigenvalue weighted by Crippen LogP contribution is -2.48. The summed E-state index contributed by atoms with van der Waals surface area (Å²) < 4.78 is 5.16. The number of halogens is 1. The molecule has 1 atom stereocenters. The molecule has 1 saturated heterocycles. The predicted molar refractivity (Wildman–Crippen MR) is 125 cm³/mol. The molecule has 0 spiro atoms. The Bertz CT molecular complexity index is 626. The molecule has 0 aliphatic carbocycles. The van der Waals surface area contributed by atoms with Crippen LogP contribution in [0.25, 0.3) is 0 Å². The number of hydrogen-bond acceptors (Lipinski definition) is 4. The lowest BCUT2D eigenvalue weighted by molar-refractivity contribution is -0.149. The van der Waals surface area contributed by atoms with E-state index in [9.17, 15) is 4.79 Å². The van der Waals surface area contributed by atoms with Crippen LogP contribution in [0, 0.1) is 12.8 Å². The molecule has 0 amide bonds. The second-order valence-corrected chi connectivity index (χ2v) is 7.33. The zero-order valence-corrected chi connectivity index (χ0v) is 20.1. The van der Waals surface area contributed by atoms with Gasteiger partial charge in [0.2, 0.25) is 0 Å². The summed E-state index contributed by atoms with van der Waals surface area (Å²) in [6.45, 7) is 6.83. The first-order chi connectivity index (χ1) is 13.0. The normalized spacial score (nSPS) is 16.5. The first-order valence-electron chi connectivity index (χ1n) is 9.81. The molecule has 0 bridgehead atoms. The Kier molecular flexibility index (Phi) is 10.8. The van der Waals surface area contributed by atoms with Gasteiger partial charge in [0.15, 0.2) is 5.96 Å². The number of aryl methyl sites for hydroxylation is 1. The molecule has 1 unspecified atom stereocenters. The molecule has 6 nitrogen and oxygen atoms in total. The highest BCUT2D eigenvalue weighted by molar-refractivity contribution is 14.0. The van der Waals surface area contributed by atoms with E-state index in [0.29, 0.717) is 6.61 Å². The van der Waals surface area contributed by atoms with Crippen molar-refractivity contribution in [1.29, 1.82) is 0 Å². The second kappa shape index (κ2) is 12.3. The van der Waals surface area contributed by atoms with Crippen molar-refractivity contribution in [1.82, 2.24) is 15.1 Å². The SMILES string of the molecule is CCOC(=O)C1CCN(C(=NC)NCC(c2ccc(C)cc2)N(C)C)CC1.I. The first-order valence-corrected chi connectivity index (χ1v) is 9.81. The molecule has 1 N–H and O–H groups in total. The molecular formula is C21H35IN4O2. The molecule has 1 fully saturated rings. The summed E-state index contributed by atoms with van der Waals surface area (Å²) >= 11 is 0. The maximum atomic E-state index is 11.9. The van der Waals surface area contributed by atoms with Crippen LogP contribution in [0.2, 0.25) is 0 Å². The number of carbonyl (C=O) groups excluding carboxylic acids is 1. The molecule has 1 heterocycles. The number of hydrogen-bond donors (Lipinski definition) is 1. The Morgan fingerprint density at radius 1 is 1.29 bits per heavy atom. The van der Waals surface area contributed by atoms with Crippen molar-refractivity contribution in [2.24, 2.45) is 10.9 Å². The van der Waals surface area contributed by atoms with Crippen molar-refractivity contribution in [3.8, 4) is 0 Å². The van der Waals surface area contributed by atoms with Gasteiger partial charge in [0, 0.05) is 26.7 Å². The van der Waals surface area contributed by atoms with E-state index in [-0.39, 0.29) is 41.9 Å². The van der Waals surface area contributed by atoms with Gasteiger partial charge in [0.05, 0.1) is 18.6 Å². The number of rotatable bonds is 6. The van der Waals surface area contributed by atoms with Crippen LogP contribution in [0.15, 0.2) is 29.3 Å². The third kappa shape index (κ3) is 6.92. The highest BCUT2D eigenvalue weighted by Crippen LogP contribution is 2.20. The Morgan fingerprint density at radius 3 is 2.39 bits per heavy atom. The number of guanidine groups is 1. The van der Waals surface area contributed by atoms with Gasteiger partial charge in [-0.25, -0.2) is 0 Å². The minimum absolute atomic E-state index is 0. The molecule has 7 heteroatoms. The Balaban J connectivity index is 0.00000392. The maximum Gasteiger partial charge on any atom is 0.309 e. The summed E-state index contributed by atoms with van der Waals surface area (Å²) in [5.41, 5.74) is 2.55. The van der Waals surface area contributed by atoms with E-state index < -0.39 is 0 Å². The molecule has 0 aromatic heterocycles. The molecule has 28 heavy (non-hydrogen) atoms. The fourth-order valence-corrected chi connectivity index (χ4v) is 3.49. The minimum atomic E-state index is -0.0628. The van der Waals surface area contributed by atoms with Gasteiger partial charge in [-0.05, 0) is 46.3 Å². The number of likely N-dealkylation sites (tertiary alicyclic amines) is 1. The number of carbonyl (C=O) groups is 1. The van der Waals surface area contributed by atoms with Crippen LogP contribution in [0.3, 0.4) is 0 Å². The third-order valence-electron chi connectivity index (χ3n) is 5.17. The molecular weight excluding hydrogens is 467 g/mol. The summed E-state index contributed by atoms with van der Waals surface area (Å²) in [4.78, 5) is 20.8. The second-order valence-electron chi connectivity index (χ2n) is 7.33. The first kappa shape index (κ1) is 24.7. The van der Waals surface area contributed by atoms with E-state index in [1.165, 1.54) is 11.1 Å². The van der Waals surface area contributed by atoms with Crippen molar-refractivity contribution >= 4 is 35.9 Å². The molecule has 1 aromatic rings. The highest BCUT2D eigenvalue weighted by Gasteiger charge is 2.27. The van der Waals surface area contributed by atoms with E-state index in [2.05, 4.69) is 65.4 Å². The van der Waals surface area contributed by atoms with Gasteiger partial charge in [-0.2, -0.15) is 0 Å². The summed E-state index contributed by atoms with van der Waals surface area (Å²) in [5, 5.41) is 3.52. The molecule has 158 valence electrons. The van der Waals surface area contributed by atoms with Gasteiger partial charge < -0.3 is 19.9 Å². The lowest BCUT2D eigenvalue weighted by Gasteiger charge is -2.34. The zero-order valence-electron chi connectivity index (χ0n) is 17.8. The van der Waals surface area contributed by atoms with Gasteiger partial charge in [-0.15, -0.1) is 24.0 Å². The Labute approximate surface area is 186 Å². The van der Waals surface area contributed by atoms with Crippen LogP contribution in [-0.2, 0) is 9.53 Å². The maximum absolute atomic E-state index is 11.9. The fourth-order valence-electron chi connectivity index (χ4n) is 3.49. The summed E-state index contributed by atoms with van der Waals surface area (Å²) in [7, 11) is 6.01. The van der Waals surface area contributed by atoms with Crippen LogP contribution in [-0.4, -0.2) is 69.1 Å². The largest absolute Gasteiger partial charge is 0.466 e. The smallest absolute Gasteiger partial charge is 0.309 e. The van der Waals surface area contributed by atoms with E-state index >= 15 is 0 Å². The Hall–Kier alpha value is -1.35. The number of likely N-dealkylation sites (N-methyl/N-ethyl adjacent to an activating group) is 1. The number of ether oxygens (including phenoxy) is 1. The molecule has 1 aliphatic heterocycles. The quantitative estimate of drug-likeness (QED) is 0.281. The molecule has 1 aliphatic rings. The molecule has 2 rings (SSSR count). The predicted octanol–water partition coefficient (Wildman–Crippen LogP) is 3.07. The van der Waals surface area contributed by atoms with Gasteiger partial charge in [-0.3, -0.25) is 9.79 Å². The van der Waals surface area contributed by atoms with Gasteiger partial charge >= 0.3 is 5.97 Å². The van der Waals surface area contributed by atoms with Crippen LogP contribution >= 0.6 is 24.0 Å². The number of aliphatic imine (C=N–C) groups is 1. The van der Waals surface area contributed by atoms with Crippen LogP contribution in [0.4, 0.5) is 0 Å². The minimum Gasteiger partial charge on any atom is -0.466 e. The van der Waals surface area contributed by atoms with Crippen LogP contribution in [0.1, 0.15) is 36.9 Å². The van der Waals surface area contributed by atoms with Crippen molar-refractivity contribution < 1.29 is 9.53 Å². The average molecular weight is 502 g/mol. The van der Waals surface area contributed by atoms with E-state index in [0.717, 1.165) is 38.4 Å². The summed E-state index contributed by atoms with van der Waals surface area (Å²) in [5.74, 6) is 0.852. The molecule has 1 aromatic carbocycles. The van der Waals surface area contributed by atoms with Crippen molar-refractivity contribution in [3.63, 3.8) is 0 Å². The number of esters is 1. The topological polar surface area (TPSA) is 57.2 Å². The standard InChI is InChI=1S/C21H34N4O2.HI/c1-6-27-20(26)18-11-13-25(14-12-18)21(22-3)23-15-19(24(4)5)17-9-7-16(2)8-10-17;/h7-10,18-19H,6,11-15H2,1-5H3,(H,22,23);1H. The molecule has 0 radical (unpaired) electrons. The summed E-state index contributed by atoms with van der Waals surface area (Å²) in [6, 6.07) is 8.95.